The van der Waals surface area contributed by atoms with Crippen LogP contribution in [0, 0.1) is 0 Å². The summed E-state index contributed by atoms with van der Waals surface area (Å²) in [5.74, 6) is 2.13. The molecule has 0 radical (unpaired) electrons. The Morgan fingerprint density at radius 2 is 1.76 bits per heavy atom. The maximum atomic E-state index is 4.71. The smallest absolute Gasteiger partial charge is 0.225 e. The molecular formula is C25H24N8. The van der Waals surface area contributed by atoms with E-state index >= 15 is 0 Å². The van der Waals surface area contributed by atoms with E-state index in [1.807, 2.05) is 78.2 Å². The van der Waals surface area contributed by atoms with Crippen LogP contribution in [0.3, 0.4) is 0 Å². The van der Waals surface area contributed by atoms with Crippen molar-refractivity contribution < 1.29 is 0 Å². The van der Waals surface area contributed by atoms with Gasteiger partial charge in [0.1, 0.15) is 12.1 Å². The average Bonchev–Trinajstić information content (AvgIpc) is 3.28. The van der Waals surface area contributed by atoms with Crippen LogP contribution in [-0.4, -0.2) is 43.8 Å². The molecule has 0 saturated heterocycles. The molecule has 0 aliphatic heterocycles. The number of rotatable bonds is 6. The van der Waals surface area contributed by atoms with Crippen LogP contribution in [0.1, 0.15) is 18.5 Å². The van der Waals surface area contributed by atoms with Crippen molar-refractivity contribution in [2.45, 2.75) is 13.0 Å². The lowest BCUT2D eigenvalue weighted by molar-refractivity contribution is 0.854. The van der Waals surface area contributed by atoms with Crippen LogP contribution in [0.2, 0.25) is 0 Å². The van der Waals surface area contributed by atoms with Crippen LogP contribution in [0.25, 0.3) is 28.1 Å². The third kappa shape index (κ3) is 4.23. The van der Waals surface area contributed by atoms with Crippen molar-refractivity contribution in [3.63, 3.8) is 0 Å². The van der Waals surface area contributed by atoms with Gasteiger partial charge in [-0.05, 0) is 42.8 Å². The lowest BCUT2D eigenvalue weighted by Gasteiger charge is -2.14. The number of nitrogens with zero attached hydrogens (tertiary/aromatic N) is 7. The van der Waals surface area contributed by atoms with E-state index in [1.54, 1.807) is 12.5 Å². The molecule has 164 valence electrons. The molecule has 2 aromatic carbocycles. The van der Waals surface area contributed by atoms with E-state index in [0.29, 0.717) is 5.95 Å². The molecule has 33 heavy (non-hydrogen) atoms. The molecule has 8 nitrogen and oxygen atoms in total. The van der Waals surface area contributed by atoms with Crippen molar-refractivity contribution in [1.29, 1.82) is 0 Å². The number of aromatic nitrogens is 6. The van der Waals surface area contributed by atoms with Crippen LogP contribution in [0.5, 0.6) is 0 Å². The number of fused-ring (bicyclic) bond motifs is 1. The van der Waals surface area contributed by atoms with Gasteiger partial charge in [-0.2, -0.15) is 4.98 Å². The summed E-state index contributed by atoms with van der Waals surface area (Å²) in [6, 6.07) is 22.2. The van der Waals surface area contributed by atoms with Crippen LogP contribution in [0.4, 0.5) is 11.8 Å². The highest BCUT2D eigenvalue weighted by Gasteiger charge is 2.11. The fraction of sp³-hybridized carbons (Fsp3) is 0.160. The number of hydrogen-bond acceptors (Lipinski definition) is 7. The maximum Gasteiger partial charge on any atom is 0.225 e. The van der Waals surface area contributed by atoms with E-state index in [2.05, 4.69) is 44.5 Å². The Bertz CT molecular complexity index is 1380. The number of imidazole rings is 1. The minimum atomic E-state index is 0.0866. The summed E-state index contributed by atoms with van der Waals surface area (Å²) in [5, 5.41) is 12.0. The lowest BCUT2D eigenvalue weighted by Crippen LogP contribution is -2.11. The van der Waals surface area contributed by atoms with Crippen molar-refractivity contribution in [2.24, 2.45) is 0 Å². The number of anilines is 2. The molecule has 1 N–H and O–H groups in total. The zero-order valence-corrected chi connectivity index (χ0v) is 18.7. The summed E-state index contributed by atoms with van der Waals surface area (Å²) in [6.07, 6.45) is 3.53. The second-order valence-corrected chi connectivity index (χ2v) is 8.00. The maximum absolute atomic E-state index is 4.71. The van der Waals surface area contributed by atoms with Gasteiger partial charge in [0.25, 0.3) is 0 Å². The molecule has 0 bridgehead atoms. The van der Waals surface area contributed by atoms with E-state index < -0.39 is 0 Å². The lowest BCUT2D eigenvalue weighted by atomic mass is 10.1. The molecular weight excluding hydrogens is 412 g/mol. The SMILES string of the molecule is C[C@H](Nc1nccc(-n2cnc3cc(-c4ccc(N(C)C)nn4)ccc32)n1)c1ccccc1. The van der Waals surface area contributed by atoms with Crippen molar-refractivity contribution >= 4 is 22.8 Å². The first kappa shape index (κ1) is 20.6. The fourth-order valence-electron chi connectivity index (χ4n) is 3.64. The standard InChI is InChI=1S/C25H24N8/c1-17(18-7-5-4-6-8-18)28-25-26-14-13-23(29-25)33-16-27-21-15-19(9-11-22(21)33)20-10-12-24(31-30-20)32(2)3/h4-17H,1-3H3,(H,26,28,29)/t17-/m0/s1. The Balaban J connectivity index is 1.42. The molecule has 0 aliphatic carbocycles. The van der Waals surface area contributed by atoms with Gasteiger partial charge in [0, 0.05) is 25.9 Å². The molecule has 0 fully saturated rings. The van der Waals surface area contributed by atoms with Gasteiger partial charge in [0.05, 0.1) is 22.8 Å². The molecule has 0 spiro atoms. The highest BCUT2D eigenvalue weighted by molar-refractivity contribution is 5.82. The predicted octanol–water partition coefficient (Wildman–Crippen LogP) is 4.51. The van der Waals surface area contributed by atoms with Gasteiger partial charge in [-0.1, -0.05) is 36.4 Å². The summed E-state index contributed by atoms with van der Waals surface area (Å²) in [7, 11) is 3.89. The van der Waals surface area contributed by atoms with Gasteiger partial charge in [-0.15, -0.1) is 10.2 Å². The zero-order chi connectivity index (χ0) is 22.8. The molecule has 5 aromatic rings. The number of hydrogen-bond donors (Lipinski definition) is 1. The summed E-state index contributed by atoms with van der Waals surface area (Å²) in [4.78, 5) is 15.6. The third-order valence-corrected chi connectivity index (χ3v) is 5.48. The van der Waals surface area contributed by atoms with Crippen molar-refractivity contribution in [3.8, 4) is 17.1 Å². The summed E-state index contributed by atoms with van der Waals surface area (Å²) < 4.78 is 1.96. The van der Waals surface area contributed by atoms with Gasteiger partial charge < -0.3 is 10.2 Å². The van der Waals surface area contributed by atoms with Gasteiger partial charge in [-0.25, -0.2) is 9.97 Å². The molecule has 0 amide bonds. The Hall–Kier alpha value is -4.33. The van der Waals surface area contributed by atoms with Gasteiger partial charge in [0.2, 0.25) is 5.95 Å². The topological polar surface area (TPSA) is 84.7 Å². The van der Waals surface area contributed by atoms with Crippen molar-refractivity contribution in [3.05, 3.63) is 84.8 Å². The number of nitrogens with one attached hydrogen (secondary N) is 1. The average molecular weight is 437 g/mol. The molecule has 8 heteroatoms. The second kappa shape index (κ2) is 8.66. The van der Waals surface area contributed by atoms with Gasteiger partial charge in [-0.3, -0.25) is 4.57 Å². The second-order valence-electron chi connectivity index (χ2n) is 8.00. The highest BCUT2D eigenvalue weighted by atomic mass is 15.2. The van der Waals surface area contributed by atoms with Crippen LogP contribution < -0.4 is 10.2 Å². The summed E-state index contributed by atoms with van der Waals surface area (Å²) in [5.41, 5.74) is 4.76. The first-order valence-corrected chi connectivity index (χ1v) is 10.7. The normalized spacial score (nSPS) is 12.0. The van der Waals surface area contributed by atoms with Crippen molar-refractivity contribution in [1.82, 2.24) is 29.7 Å². The molecule has 0 unspecified atom stereocenters. The quantitative estimate of drug-likeness (QED) is 0.419. The Morgan fingerprint density at radius 1 is 0.909 bits per heavy atom. The summed E-state index contributed by atoms with van der Waals surface area (Å²) >= 11 is 0. The Labute approximate surface area is 192 Å². The third-order valence-electron chi connectivity index (χ3n) is 5.48. The van der Waals surface area contributed by atoms with E-state index in [1.165, 1.54) is 5.56 Å². The molecule has 0 saturated carbocycles. The molecule has 3 aromatic heterocycles. The Kier molecular flexibility index (Phi) is 5.40. The first-order chi connectivity index (χ1) is 16.1. The first-order valence-electron chi connectivity index (χ1n) is 10.7. The van der Waals surface area contributed by atoms with E-state index in [0.717, 1.165) is 33.9 Å². The van der Waals surface area contributed by atoms with E-state index in [-0.39, 0.29) is 6.04 Å². The van der Waals surface area contributed by atoms with Crippen LogP contribution in [0.15, 0.2) is 79.3 Å². The van der Waals surface area contributed by atoms with Gasteiger partial charge >= 0.3 is 0 Å². The molecule has 3 heterocycles. The summed E-state index contributed by atoms with van der Waals surface area (Å²) in [6.45, 7) is 2.09. The highest BCUT2D eigenvalue weighted by Crippen LogP contribution is 2.25. The van der Waals surface area contributed by atoms with E-state index in [9.17, 15) is 0 Å². The van der Waals surface area contributed by atoms with Gasteiger partial charge in [0.15, 0.2) is 5.82 Å². The molecule has 0 aliphatic rings. The largest absolute Gasteiger partial charge is 0.361 e. The predicted molar refractivity (Wildman–Crippen MR) is 130 cm³/mol. The number of benzene rings is 2. The van der Waals surface area contributed by atoms with E-state index in [4.69, 9.17) is 4.98 Å². The minimum absolute atomic E-state index is 0.0866. The fourth-order valence-corrected chi connectivity index (χ4v) is 3.64. The van der Waals surface area contributed by atoms with Crippen molar-refractivity contribution in [2.75, 3.05) is 24.3 Å². The monoisotopic (exact) mass is 436 g/mol. The Morgan fingerprint density at radius 3 is 2.52 bits per heavy atom. The van der Waals surface area contributed by atoms with Crippen LogP contribution >= 0.6 is 0 Å². The van der Waals surface area contributed by atoms with Crippen LogP contribution in [-0.2, 0) is 0 Å². The zero-order valence-electron chi connectivity index (χ0n) is 18.7. The molecule has 5 rings (SSSR count). The minimum Gasteiger partial charge on any atom is -0.361 e. The molecule has 1 atom stereocenters.